The molecule has 0 aliphatic carbocycles. The van der Waals surface area contributed by atoms with E-state index in [-0.39, 0.29) is 4.90 Å². The Morgan fingerprint density at radius 2 is 1.67 bits per heavy atom. The highest BCUT2D eigenvalue weighted by atomic mass is 79.9. The first-order valence-electron chi connectivity index (χ1n) is 6.91. The molecule has 0 atom stereocenters. The molecule has 0 saturated heterocycles. The molecule has 0 aliphatic rings. The van der Waals surface area contributed by atoms with Crippen molar-refractivity contribution in [1.82, 2.24) is 4.83 Å². The molecule has 0 spiro atoms. The predicted octanol–water partition coefficient (Wildman–Crippen LogP) is 3.17. The number of hydrogen-bond acceptors (Lipinski definition) is 5. The normalized spacial score (nSPS) is 11.9. The van der Waals surface area contributed by atoms with Crippen LogP contribution in [0.15, 0.2) is 56.9 Å². The van der Waals surface area contributed by atoms with E-state index in [2.05, 4.69) is 25.9 Å². The smallest absolute Gasteiger partial charge is 0.276 e. The molecule has 8 heteroatoms. The lowest BCUT2D eigenvalue weighted by atomic mass is 10.1. The summed E-state index contributed by atoms with van der Waals surface area (Å²) in [5, 5.41) is 3.97. The van der Waals surface area contributed by atoms with Crippen molar-refractivity contribution in [3.63, 3.8) is 0 Å². The Morgan fingerprint density at radius 3 is 2.25 bits per heavy atom. The summed E-state index contributed by atoms with van der Waals surface area (Å²) in [4.78, 5) is 2.37. The largest absolute Gasteiger partial charge is 0.493 e. The molecule has 6 nitrogen and oxygen atoms in total. The minimum Gasteiger partial charge on any atom is -0.493 e. The van der Waals surface area contributed by atoms with Crippen LogP contribution in [0.1, 0.15) is 12.5 Å². The minimum atomic E-state index is -3.72. The van der Waals surface area contributed by atoms with Crippen LogP contribution >= 0.6 is 15.9 Å². The maximum atomic E-state index is 12.2. The van der Waals surface area contributed by atoms with Crippen molar-refractivity contribution in [2.24, 2.45) is 5.10 Å². The van der Waals surface area contributed by atoms with Gasteiger partial charge < -0.3 is 9.47 Å². The Balaban J connectivity index is 2.23. The van der Waals surface area contributed by atoms with Gasteiger partial charge in [-0.25, -0.2) is 0 Å². The highest BCUT2D eigenvalue weighted by Gasteiger charge is 2.13. The molecule has 2 aromatic carbocycles. The standard InChI is InChI=1S/C16H17BrN2O4S/c1-11(12-4-9-15(22-2)16(10-12)23-3)18-19-24(20,21)14-7-5-13(17)6-8-14/h4-10,19H,1-3H3. The van der Waals surface area contributed by atoms with Crippen molar-refractivity contribution < 1.29 is 17.9 Å². The molecular weight excluding hydrogens is 396 g/mol. The van der Waals surface area contributed by atoms with Gasteiger partial charge in [0.05, 0.1) is 24.8 Å². The lowest BCUT2D eigenvalue weighted by Gasteiger charge is -2.10. The summed E-state index contributed by atoms with van der Waals surface area (Å²) >= 11 is 3.27. The molecule has 0 bridgehead atoms. The molecule has 0 fully saturated rings. The Hall–Kier alpha value is -2.06. The van der Waals surface area contributed by atoms with Gasteiger partial charge >= 0.3 is 0 Å². The fraction of sp³-hybridized carbons (Fsp3) is 0.188. The average Bonchev–Trinajstić information content (AvgIpc) is 2.59. The molecule has 0 heterocycles. The number of ether oxygens (including phenoxy) is 2. The van der Waals surface area contributed by atoms with E-state index in [4.69, 9.17) is 9.47 Å². The van der Waals surface area contributed by atoms with E-state index in [1.165, 1.54) is 19.2 Å². The van der Waals surface area contributed by atoms with Crippen LogP contribution in [-0.2, 0) is 10.0 Å². The van der Waals surface area contributed by atoms with Crippen LogP contribution in [0.25, 0.3) is 0 Å². The molecule has 2 rings (SSSR count). The van der Waals surface area contributed by atoms with Gasteiger partial charge in [-0.1, -0.05) is 15.9 Å². The van der Waals surface area contributed by atoms with E-state index in [1.54, 1.807) is 44.4 Å². The van der Waals surface area contributed by atoms with Crippen LogP contribution in [-0.4, -0.2) is 28.3 Å². The highest BCUT2D eigenvalue weighted by molar-refractivity contribution is 9.10. The molecule has 24 heavy (non-hydrogen) atoms. The van der Waals surface area contributed by atoms with Gasteiger partial charge in [-0.3, -0.25) is 0 Å². The molecule has 1 N–H and O–H groups in total. The van der Waals surface area contributed by atoms with Gasteiger partial charge in [-0.15, -0.1) is 0 Å². The second-order valence-corrected chi connectivity index (χ2v) is 7.39. The van der Waals surface area contributed by atoms with E-state index >= 15 is 0 Å². The van der Waals surface area contributed by atoms with E-state index in [0.717, 1.165) is 4.47 Å². The zero-order valence-electron chi connectivity index (χ0n) is 13.4. The first-order chi connectivity index (χ1) is 11.4. The molecule has 0 unspecified atom stereocenters. The molecule has 0 aliphatic heterocycles. The SMILES string of the molecule is COc1ccc(C(C)=NNS(=O)(=O)c2ccc(Br)cc2)cc1OC. The number of benzene rings is 2. The fourth-order valence-corrected chi connectivity index (χ4v) is 3.04. The maximum absolute atomic E-state index is 12.2. The van der Waals surface area contributed by atoms with Gasteiger partial charge in [-0.05, 0) is 49.4 Å². The predicted molar refractivity (Wildman–Crippen MR) is 96.2 cm³/mol. The van der Waals surface area contributed by atoms with Gasteiger partial charge in [0, 0.05) is 10.0 Å². The summed E-state index contributed by atoms with van der Waals surface area (Å²) in [5.74, 6) is 1.13. The Bertz CT molecular complexity index is 849. The summed E-state index contributed by atoms with van der Waals surface area (Å²) in [7, 11) is -0.644. The molecular formula is C16H17BrN2O4S. The van der Waals surface area contributed by atoms with Crippen LogP contribution in [0.2, 0.25) is 0 Å². The van der Waals surface area contributed by atoms with E-state index in [1.807, 2.05) is 0 Å². The van der Waals surface area contributed by atoms with E-state index in [0.29, 0.717) is 22.8 Å². The van der Waals surface area contributed by atoms with Crippen molar-refractivity contribution in [2.45, 2.75) is 11.8 Å². The Morgan fingerprint density at radius 1 is 1.04 bits per heavy atom. The molecule has 128 valence electrons. The molecule has 0 saturated carbocycles. The van der Waals surface area contributed by atoms with Gasteiger partial charge in [0.25, 0.3) is 10.0 Å². The third-order valence-electron chi connectivity index (χ3n) is 3.26. The number of hydrogen-bond donors (Lipinski definition) is 1. The third kappa shape index (κ3) is 4.27. The van der Waals surface area contributed by atoms with Gasteiger partial charge in [0.2, 0.25) is 0 Å². The van der Waals surface area contributed by atoms with Crippen molar-refractivity contribution in [3.8, 4) is 11.5 Å². The summed E-state index contributed by atoms with van der Waals surface area (Å²) in [5.41, 5.74) is 1.21. The van der Waals surface area contributed by atoms with Crippen LogP contribution in [0.4, 0.5) is 0 Å². The van der Waals surface area contributed by atoms with Crippen LogP contribution in [0, 0.1) is 0 Å². The zero-order valence-corrected chi connectivity index (χ0v) is 15.8. The van der Waals surface area contributed by atoms with Crippen molar-refractivity contribution >= 4 is 31.7 Å². The van der Waals surface area contributed by atoms with Gasteiger partial charge in [0.15, 0.2) is 11.5 Å². The zero-order chi connectivity index (χ0) is 17.7. The lowest BCUT2D eigenvalue weighted by Crippen LogP contribution is -2.19. The number of nitrogens with zero attached hydrogens (tertiary/aromatic N) is 1. The lowest BCUT2D eigenvalue weighted by molar-refractivity contribution is 0.355. The van der Waals surface area contributed by atoms with Crippen molar-refractivity contribution in [2.75, 3.05) is 14.2 Å². The third-order valence-corrected chi connectivity index (χ3v) is 5.01. The van der Waals surface area contributed by atoms with Crippen molar-refractivity contribution in [3.05, 3.63) is 52.5 Å². The van der Waals surface area contributed by atoms with Gasteiger partial charge in [0.1, 0.15) is 0 Å². The highest BCUT2D eigenvalue weighted by Crippen LogP contribution is 2.27. The number of methoxy groups -OCH3 is 2. The van der Waals surface area contributed by atoms with E-state index < -0.39 is 10.0 Å². The molecule has 0 aromatic heterocycles. The number of halogens is 1. The summed E-state index contributed by atoms with van der Waals surface area (Å²) in [6.45, 7) is 1.70. The summed E-state index contributed by atoms with van der Waals surface area (Å²) < 4.78 is 35.6. The summed E-state index contributed by atoms with van der Waals surface area (Å²) in [6.07, 6.45) is 0. The number of sulfonamides is 1. The first-order valence-corrected chi connectivity index (χ1v) is 9.19. The average molecular weight is 413 g/mol. The number of hydrazone groups is 1. The quantitative estimate of drug-likeness (QED) is 0.583. The van der Waals surface area contributed by atoms with Crippen LogP contribution in [0.3, 0.4) is 0 Å². The second kappa shape index (κ2) is 7.67. The fourth-order valence-electron chi connectivity index (χ4n) is 1.92. The second-order valence-electron chi connectivity index (χ2n) is 4.82. The minimum absolute atomic E-state index is 0.134. The van der Waals surface area contributed by atoms with E-state index in [9.17, 15) is 8.42 Å². The monoisotopic (exact) mass is 412 g/mol. The van der Waals surface area contributed by atoms with Crippen LogP contribution in [0.5, 0.6) is 11.5 Å². The summed E-state index contributed by atoms with van der Waals surface area (Å²) in [6, 6.07) is 11.5. The molecule has 0 amide bonds. The molecule has 2 aromatic rings. The number of rotatable bonds is 6. The first kappa shape index (κ1) is 18.3. The van der Waals surface area contributed by atoms with Gasteiger partial charge in [-0.2, -0.15) is 18.4 Å². The Kier molecular flexibility index (Phi) is 5.84. The maximum Gasteiger partial charge on any atom is 0.276 e. The Labute approximate surface area is 149 Å². The van der Waals surface area contributed by atoms with Crippen molar-refractivity contribution in [1.29, 1.82) is 0 Å². The molecule has 0 radical (unpaired) electrons. The van der Waals surface area contributed by atoms with Crippen LogP contribution < -0.4 is 14.3 Å². The number of nitrogens with one attached hydrogen (secondary N) is 1. The topological polar surface area (TPSA) is 77.0 Å².